The summed E-state index contributed by atoms with van der Waals surface area (Å²) in [6.45, 7) is 2.51. The maximum atomic E-state index is 13.6. The molecule has 3 aliphatic rings. The fourth-order valence-corrected chi connectivity index (χ4v) is 5.00. The third kappa shape index (κ3) is 2.76. The molecule has 6 nitrogen and oxygen atoms in total. The molecule has 2 amide bonds. The van der Waals surface area contributed by atoms with Crippen LogP contribution in [0, 0.1) is 24.6 Å². The average Bonchev–Trinajstić information content (AvgIpc) is 3.36. The quantitative estimate of drug-likeness (QED) is 0.731. The van der Waals surface area contributed by atoms with Crippen molar-refractivity contribution in [2.24, 2.45) is 11.8 Å². The lowest BCUT2D eigenvalue weighted by Gasteiger charge is -2.28. The molecule has 2 bridgehead atoms. The second-order valence-electron chi connectivity index (χ2n) is 8.31. The second-order valence-corrected chi connectivity index (χ2v) is 8.31. The Morgan fingerprint density at radius 1 is 1.40 bits per heavy atom. The molecule has 2 fully saturated rings. The smallest absolute Gasteiger partial charge is 0.234 e. The third-order valence-electron chi connectivity index (χ3n) is 6.35. The van der Waals surface area contributed by atoms with Crippen molar-refractivity contribution in [1.29, 1.82) is 0 Å². The molecular formula is C23H22FN3O3. The van der Waals surface area contributed by atoms with Crippen LogP contribution in [0.5, 0.6) is 0 Å². The van der Waals surface area contributed by atoms with Crippen LogP contribution in [-0.4, -0.2) is 47.0 Å². The summed E-state index contributed by atoms with van der Waals surface area (Å²) in [6.07, 6.45) is 6.82. The molecule has 0 saturated carbocycles. The number of ether oxygens (including phenoxy) is 1. The van der Waals surface area contributed by atoms with Crippen molar-refractivity contribution < 1.29 is 18.7 Å². The summed E-state index contributed by atoms with van der Waals surface area (Å²) in [6, 6.07) is 8.11. The van der Waals surface area contributed by atoms with Gasteiger partial charge in [0, 0.05) is 31.7 Å². The van der Waals surface area contributed by atoms with Gasteiger partial charge in [0.25, 0.3) is 0 Å². The second kappa shape index (κ2) is 6.74. The zero-order chi connectivity index (χ0) is 21.0. The molecule has 5 rings (SSSR count). The van der Waals surface area contributed by atoms with E-state index in [4.69, 9.17) is 4.74 Å². The van der Waals surface area contributed by atoms with Crippen molar-refractivity contribution >= 4 is 17.5 Å². The molecular weight excluding hydrogens is 385 g/mol. The van der Waals surface area contributed by atoms with E-state index < -0.39 is 23.5 Å². The van der Waals surface area contributed by atoms with E-state index in [1.807, 2.05) is 24.3 Å². The molecule has 1 aromatic heterocycles. The van der Waals surface area contributed by atoms with Gasteiger partial charge in [-0.2, -0.15) is 0 Å². The van der Waals surface area contributed by atoms with E-state index in [2.05, 4.69) is 4.98 Å². The Labute approximate surface area is 174 Å². The summed E-state index contributed by atoms with van der Waals surface area (Å²) in [4.78, 5) is 34.1. The molecule has 0 N–H and O–H groups in total. The molecule has 3 aliphatic heterocycles. The fourth-order valence-electron chi connectivity index (χ4n) is 5.00. The van der Waals surface area contributed by atoms with E-state index in [1.54, 1.807) is 42.2 Å². The van der Waals surface area contributed by atoms with Crippen molar-refractivity contribution in [3.05, 3.63) is 71.8 Å². The number of hydrogen-bond acceptors (Lipinski definition) is 4. The lowest BCUT2D eigenvalue weighted by atomic mass is 9.76. The van der Waals surface area contributed by atoms with E-state index in [1.165, 1.54) is 12.1 Å². The van der Waals surface area contributed by atoms with Gasteiger partial charge in [-0.15, -0.1) is 0 Å². The molecule has 0 aliphatic carbocycles. The molecule has 30 heavy (non-hydrogen) atoms. The van der Waals surface area contributed by atoms with Gasteiger partial charge in [-0.05, 0) is 42.3 Å². The van der Waals surface area contributed by atoms with Gasteiger partial charge in [0.15, 0.2) is 0 Å². The monoisotopic (exact) mass is 407 g/mol. The van der Waals surface area contributed by atoms with Gasteiger partial charge >= 0.3 is 0 Å². The minimum atomic E-state index is -0.807. The number of benzene rings is 1. The number of carbonyl (C=O) groups is 2. The van der Waals surface area contributed by atoms with E-state index in [-0.39, 0.29) is 17.6 Å². The molecule has 2 aromatic rings. The number of pyridine rings is 1. The van der Waals surface area contributed by atoms with Crippen LogP contribution < -0.4 is 4.90 Å². The highest BCUT2D eigenvalue weighted by Gasteiger charge is 2.67. The largest absolute Gasteiger partial charge is 0.360 e. The normalized spacial score (nSPS) is 28.8. The van der Waals surface area contributed by atoms with Crippen molar-refractivity contribution in [3.8, 4) is 0 Å². The third-order valence-corrected chi connectivity index (χ3v) is 6.35. The molecule has 2 saturated heterocycles. The van der Waals surface area contributed by atoms with E-state index >= 15 is 0 Å². The van der Waals surface area contributed by atoms with Gasteiger partial charge in [0.2, 0.25) is 11.8 Å². The standard InChI is InChI=1S/C23H22FN3O3/c1-14-10-16(24)5-6-17(14)27-13-23-8-7-18(30-23)19(20(23)22(27)29)21(28)26(2)12-15-4-3-9-25-11-15/h3-11,18-20H,12-13H2,1-2H3/t18-,19-,20+,23-/m0/s1. The number of hydrogen-bond donors (Lipinski definition) is 0. The van der Waals surface area contributed by atoms with Crippen LogP contribution in [0.1, 0.15) is 11.1 Å². The zero-order valence-electron chi connectivity index (χ0n) is 16.8. The van der Waals surface area contributed by atoms with Gasteiger partial charge in [-0.3, -0.25) is 14.6 Å². The molecule has 0 unspecified atom stereocenters. The van der Waals surface area contributed by atoms with Gasteiger partial charge < -0.3 is 14.5 Å². The Morgan fingerprint density at radius 3 is 2.97 bits per heavy atom. The fraction of sp³-hybridized carbons (Fsp3) is 0.348. The first-order valence-electron chi connectivity index (χ1n) is 9.98. The van der Waals surface area contributed by atoms with Crippen LogP contribution in [0.25, 0.3) is 0 Å². The lowest BCUT2D eigenvalue weighted by Crippen LogP contribution is -2.44. The Kier molecular flexibility index (Phi) is 4.25. The van der Waals surface area contributed by atoms with Gasteiger partial charge in [-0.25, -0.2) is 4.39 Å². The van der Waals surface area contributed by atoms with Gasteiger partial charge in [0.1, 0.15) is 11.4 Å². The Bertz CT molecular complexity index is 1060. The Morgan fingerprint density at radius 2 is 2.23 bits per heavy atom. The highest BCUT2D eigenvalue weighted by molar-refractivity contribution is 6.03. The van der Waals surface area contributed by atoms with Crippen LogP contribution in [-0.2, 0) is 20.9 Å². The maximum Gasteiger partial charge on any atom is 0.234 e. The van der Waals surface area contributed by atoms with E-state index in [9.17, 15) is 14.0 Å². The number of aryl methyl sites for hydroxylation is 1. The number of fused-ring (bicyclic) bond motifs is 1. The molecule has 7 heteroatoms. The molecule has 1 aromatic carbocycles. The first-order chi connectivity index (χ1) is 14.4. The molecule has 0 radical (unpaired) electrons. The van der Waals surface area contributed by atoms with Crippen molar-refractivity contribution in [3.63, 3.8) is 0 Å². The highest BCUT2D eigenvalue weighted by Crippen LogP contribution is 2.53. The summed E-state index contributed by atoms with van der Waals surface area (Å²) in [5.74, 6) is -1.77. The summed E-state index contributed by atoms with van der Waals surface area (Å²) in [5.41, 5.74) is 1.44. The van der Waals surface area contributed by atoms with Crippen molar-refractivity contribution in [2.75, 3.05) is 18.5 Å². The van der Waals surface area contributed by atoms with Crippen LogP contribution in [0.2, 0.25) is 0 Å². The summed E-state index contributed by atoms with van der Waals surface area (Å²) < 4.78 is 19.7. The van der Waals surface area contributed by atoms with Crippen LogP contribution in [0.4, 0.5) is 10.1 Å². The van der Waals surface area contributed by atoms with E-state index in [0.29, 0.717) is 24.3 Å². The number of amides is 2. The number of carbonyl (C=O) groups excluding carboxylic acids is 2. The SMILES string of the molecule is Cc1cc(F)ccc1N1C[C@]23C=C[C@H](O2)[C@H](C(=O)N(C)Cc2cccnc2)[C@@H]3C1=O. The highest BCUT2D eigenvalue weighted by atomic mass is 19.1. The Balaban J connectivity index is 1.43. The van der Waals surface area contributed by atoms with Crippen molar-refractivity contribution in [1.82, 2.24) is 9.88 Å². The average molecular weight is 407 g/mol. The Hall–Kier alpha value is -3.06. The number of halogens is 1. The topological polar surface area (TPSA) is 62.7 Å². The van der Waals surface area contributed by atoms with Crippen LogP contribution in [0.3, 0.4) is 0 Å². The predicted molar refractivity (Wildman–Crippen MR) is 108 cm³/mol. The summed E-state index contributed by atoms with van der Waals surface area (Å²) in [7, 11) is 1.74. The molecule has 4 atom stereocenters. The number of anilines is 1. The first kappa shape index (κ1) is 18.9. The molecule has 154 valence electrons. The minimum Gasteiger partial charge on any atom is -0.360 e. The number of nitrogens with zero attached hydrogens (tertiary/aromatic N) is 3. The van der Waals surface area contributed by atoms with Gasteiger partial charge in [0.05, 0.1) is 24.5 Å². The van der Waals surface area contributed by atoms with Crippen molar-refractivity contribution in [2.45, 2.75) is 25.2 Å². The predicted octanol–water partition coefficient (Wildman–Crippen LogP) is 2.47. The maximum absolute atomic E-state index is 13.6. The molecule has 4 heterocycles. The first-order valence-corrected chi connectivity index (χ1v) is 9.98. The van der Waals surface area contributed by atoms with Crippen LogP contribution in [0.15, 0.2) is 54.9 Å². The van der Waals surface area contributed by atoms with Gasteiger partial charge in [-0.1, -0.05) is 18.2 Å². The van der Waals surface area contributed by atoms with Crippen LogP contribution >= 0.6 is 0 Å². The minimum absolute atomic E-state index is 0.119. The van der Waals surface area contributed by atoms with E-state index in [0.717, 1.165) is 5.56 Å². The summed E-state index contributed by atoms with van der Waals surface area (Å²) >= 11 is 0. The number of aromatic nitrogens is 1. The summed E-state index contributed by atoms with van der Waals surface area (Å²) in [5, 5.41) is 0. The molecule has 1 spiro atoms. The number of rotatable bonds is 4. The zero-order valence-corrected chi connectivity index (χ0v) is 16.8. The lowest BCUT2D eigenvalue weighted by molar-refractivity contribution is -0.139.